The fraction of sp³-hybridized carbons (Fsp3) is 0.500. The van der Waals surface area contributed by atoms with Crippen LogP contribution in [0, 0.1) is 5.92 Å². The lowest BCUT2D eigenvalue weighted by atomic mass is 10.1. The zero-order chi connectivity index (χ0) is 11.4. The number of rotatable bonds is 4. The molecule has 0 aromatic heterocycles. The Morgan fingerprint density at radius 1 is 1.50 bits per heavy atom. The highest BCUT2D eigenvalue weighted by atomic mass is 16.5. The van der Waals surface area contributed by atoms with E-state index in [2.05, 4.69) is 0 Å². The first-order valence-electron chi connectivity index (χ1n) is 5.43. The van der Waals surface area contributed by atoms with Crippen molar-refractivity contribution in [2.75, 3.05) is 32.7 Å². The monoisotopic (exact) mass is 223 g/mol. The Balaban J connectivity index is 1.93. The summed E-state index contributed by atoms with van der Waals surface area (Å²) in [4.78, 5) is 0. The molecule has 1 heterocycles. The third-order valence-corrected chi connectivity index (χ3v) is 2.71. The van der Waals surface area contributed by atoms with E-state index in [0.29, 0.717) is 24.0 Å². The molecule has 0 amide bonds. The molecular weight excluding hydrogens is 206 g/mol. The Morgan fingerprint density at radius 2 is 2.38 bits per heavy atom. The van der Waals surface area contributed by atoms with Gasteiger partial charge >= 0.3 is 0 Å². The molecule has 1 aliphatic rings. The molecule has 1 aromatic carbocycles. The lowest BCUT2D eigenvalue weighted by Crippen LogP contribution is -2.11. The predicted octanol–water partition coefficient (Wildman–Crippen LogP) is 1.69. The van der Waals surface area contributed by atoms with Crippen molar-refractivity contribution in [3.63, 3.8) is 0 Å². The maximum absolute atomic E-state index is 5.72. The quantitative estimate of drug-likeness (QED) is 0.789. The maximum Gasteiger partial charge on any atom is 0.145 e. The van der Waals surface area contributed by atoms with Crippen molar-refractivity contribution in [3.8, 4) is 11.5 Å². The highest BCUT2D eigenvalue weighted by molar-refractivity contribution is 5.55. The molecule has 0 spiro atoms. The molecule has 4 heteroatoms. The van der Waals surface area contributed by atoms with Gasteiger partial charge in [0.2, 0.25) is 0 Å². The lowest BCUT2D eigenvalue weighted by molar-refractivity contribution is 0.167. The zero-order valence-corrected chi connectivity index (χ0v) is 9.44. The van der Waals surface area contributed by atoms with E-state index in [-0.39, 0.29) is 0 Å². The van der Waals surface area contributed by atoms with E-state index < -0.39 is 0 Å². The van der Waals surface area contributed by atoms with Crippen LogP contribution in [-0.4, -0.2) is 26.9 Å². The average molecular weight is 223 g/mol. The summed E-state index contributed by atoms with van der Waals surface area (Å²) < 4.78 is 16.1. The van der Waals surface area contributed by atoms with Gasteiger partial charge in [-0.15, -0.1) is 0 Å². The van der Waals surface area contributed by atoms with Gasteiger partial charge in [-0.3, -0.25) is 0 Å². The number of nitrogens with two attached hydrogens (primary N) is 1. The van der Waals surface area contributed by atoms with E-state index in [1.807, 2.05) is 12.1 Å². The first-order valence-corrected chi connectivity index (χ1v) is 5.43. The molecule has 0 bridgehead atoms. The number of benzene rings is 1. The molecule has 1 fully saturated rings. The van der Waals surface area contributed by atoms with Crippen LogP contribution in [0.3, 0.4) is 0 Å². The van der Waals surface area contributed by atoms with Crippen LogP contribution in [0.5, 0.6) is 11.5 Å². The van der Waals surface area contributed by atoms with Crippen molar-refractivity contribution >= 4 is 5.69 Å². The Kier molecular flexibility index (Phi) is 3.51. The SMILES string of the molecule is COc1cc(OCC2CCOC2)ccc1N. The Bertz CT molecular complexity index is 348. The highest BCUT2D eigenvalue weighted by Crippen LogP contribution is 2.27. The molecule has 1 saturated heterocycles. The second-order valence-electron chi connectivity index (χ2n) is 3.94. The highest BCUT2D eigenvalue weighted by Gasteiger charge is 2.16. The van der Waals surface area contributed by atoms with Crippen LogP contribution in [0.2, 0.25) is 0 Å². The van der Waals surface area contributed by atoms with Crippen LogP contribution in [0.1, 0.15) is 6.42 Å². The van der Waals surface area contributed by atoms with Gasteiger partial charge in [-0.1, -0.05) is 0 Å². The Labute approximate surface area is 95.3 Å². The minimum absolute atomic E-state index is 0.503. The number of ether oxygens (including phenoxy) is 3. The number of hydrogen-bond acceptors (Lipinski definition) is 4. The second kappa shape index (κ2) is 5.07. The fourth-order valence-corrected chi connectivity index (χ4v) is 1.71. The maximum atomic E-state index is 5.72. The molecule has 2 rings (SSSR count). The van der Waals surface area contributed by atoms with Crippen molar-refractivity contribution in [3.05, 3.63) is 18.2 Å². The zero-order valence-electron chi connectivity index (χ0n) is 9.44. The smallest absolute Gasteiger partial charge is 0.145 e. The van der Waals surface area contributed by atoms with Crippen LogP contribution in [0.15, 0.2) is 18.2 Å². The summed E-state index contributed by atoms with van der Waals surface area (Å²) in [6.45, 7) is 2.33. The van der Waals surface area contributed by atoms with Gasteiger partial charge in [0, 0.05) is 18.6 Å². The molecule has 16 heavy (non-hydrogen) atoms. The summed E-state index contributed by atoms with van der Waals surface area (Å²) in [5.74, 6) is 1.95. The van der Waals surface area contributed by atoms with Gasteiger partial charge in [-0.2, -0.15) is 0 Å². The van der Waals surface area contributed by atoms with Gasteiger partial charge in [-0.05, 0) is 18.6 Å². The third-order valence-electron chi connectivity index (χ3n) is 2.71. The minimum atomic E-state index is 0.503. The van der Waals surface area contributed by atoms with Crippen LogP contribution < -0.4 is 15.2 Å². The summed E-state index contributed by atoms with van der Waals surface area (Å²) in [5, 5.41) is 0. The summed E-state index contributed by atoms with van der Waals surface area (Å²) in [5.41, 5.74) is 6.34. The van der Waals surface area contributed by atoms with E-state index in [1.54, 1.807) is 13.2 Å². The van der Waals surface area contributed by atoms with Gasteiger partial charge in [0.25, 0.3) is 0 Å². The lowest BCUT2D eigenvalue weighted by Gasteiger charge is -2.12. The first-order chi connectivity index (χ1) is 7.79. The van der Waals surface area contributed by atoms with Crippen molar-refractivity contribution in [1.29, 1.82) is 0 Å². The van der Waals surface area contributed by atoms with Crippen molar-refractivity contribution in [1.82, 2.24) is 0 Å². The second-order valence-corrected chi connectivity index (χ2v) is 3.94. The molecule has 2 N–H and O–H groups in total. The molecule has 0 aliphatic carbocycles. The fourth-order valence-electron chi connectivity index (χ4n) is 1.71. The Morgan fingerprint density at radius 3 is 3.06 bits per heavy atom. The van der Waals surface area contributed by atoms with Crippen LogP contribution in [0.25, 0.3) is 0 Å². The first kappa shape index (κ1) is 11.1. The molecule has 0 radical (unpaired) electrons. The number of anilines is 1. The summed E-state index contributed by atoms with van der Waals surface area (Å²) >= 11 is 0. The predicted molar refractivity (Wildman–Crippen MR) is 61.8 cm³/mol. The minimum Gasteiger partial charge on any atom is -0.494 e. The molecule has 4 nitrogen and oxygen atoms in total. The molecule has 0 saturated carbocycles. The normalized spacial score (nSPS) is 19.7. The molecule has 1 aromatic rings. The van der Waals surface area contributed by atoms with E-state index >= 15 is 0 Å². The number of nitrogen functional groups attached to an aromatic ring is 1. The molecule has 1 aliphatic heterocycles. The van der Waals surface area contributed by atoms with Gasteiger partial charge in [0.15, 0.2) is 0 Å². The molecular formula is C12H17NO3. The van der Waals surface area contributed by atoms with Crippen LogP contribution >= 0.6 is 0 Å². The number of hydrogen-bond donors (Lipinski definition) is 1. The average Bonchev–Trinajstić information content (AvgIpc) is 2.81. The molecule has 1 atom stereocenters. The van der Waals surface area contributed by atoms with Crippen molar-refractivity contribution in [2.45, 2.75) is 6.42 Å². The summed E-state index contributed by atoms with van der Waals surface area (Å²) in [6, 6.07) is 5.46. The van der Waals surface area contributed by atoms with Gasteiger partial charge in [0.1, 0.15) is 11.5 Å². The van der Waals surface area contributed by atoms with E-state index in [4.69, 9.17) is 19.9 Å². The van der Waals surface area contributed by atoms with E-state index in [9.17, 15) is 0 Å². The van der Waals surface area contributed by atoms with Gasteiger partial charge in [-0.25, -0.2) is 0 Å². The van der Waals surface area contributed by atoms with E-state index in [0.717, 1.165) is 25.4 Å². The third kappa shape index (κ3) is 2.58. The summed E-state index contributed by atoms with van der Waals surface area (Å²) in [6.07, 6.45) is 1.08. The Hall–Kier alpha value is -1.42. The standard InChI is InChI=1S/C12H17NO3/c1-14-12-6-10(2-3-11(12)13)16-8-9-4-5-15-7-9/h2-3,6,9H,4-5,7-8,13H2,1H3. The van der Waals surface area contributed by atoms with Crippen LogP contribution in [0.4, 0.5) is 5.69 Å². The topological polar surface area (TPSA) is 53.7 Å². The molecule has 88 valence electrons. The number of methoxy groups -OCH3 is 1. The molecule has 1 unspecified atom stereocenters. The van der Waals surface area contributed by atoms with Crippen LogP contribution in [-0.2, 0) is 4.74 Å². The van der Waals surface area contributed by atoms with Crippen molar-refractivity contribution < 1.29 is 14.2 Å². The van der Waals surface area contributed by atoms with Crippen molar-refractivity contribution in [2.24, 2.45) is 5.92 Å². The van der Waals surface area contributed by atoms with E-state index in [1.165, 1.54) is 0 Å². The summed E-state index contributed by atoms with van der Waals surface area (Å²) in [7, 11) is 1.60. The van der Waals surface area contributed by atoms with Gasteiger partial charge < -0.3 is 19.9 Å². The largest absolute Gasteiger partial charge is 0.494 e. The van der Waals surface area contributed by atoms with Gasteiger partial charge in [0.05, 0.1) is 26.0 Å².